The Kier molecular flexibility index (Phi) is 2.84. The number of aromatic nitrogens is 2. The molecule has 92 valence electrons. The first-order valence-electron chi connectivity index (χ1n) is 6.43. The monoisotopic (exact) mass is 239 g/mol. The van der Waals surface area contributed by atoms with Crippen molar-refractivity contribution >= 4 is 0 Å². The number of aryl methyl sites for hydroxylation is 1. The molecule has 0 saturated heterocycles. The van der Waals surface area contributed by atoms with Gasteiger partial charge in [-0.15, -0.1) is 0 Å². The number of hydrogen-bond donors (Lipinski definition) is 1. The van der Waals surface area contributed by atoms with Gasteiger partial charge in [0, 0.05) is 18.0 Å². The van der Waals surface area contributed by atoms with Crippen LogP contribution in [0, 0.1) is 0 Å². The van der Waals surface area contributed by atoms with Gasteiger partial charge in [0.05, 0.1) is 5.54 Å². The number of nitrogens with zero attached hydrogens (tertiary/aromatic N) is 2. The van der Waals surface area contributed by atoms with Crippen molar-refractivity contribution < 1.29 is 0 Å². The average Bonchev–Trinajstić information content (AvgIpc) is 2.61. The fourth-order valence-electron chi connectivity index (χ4n) is 2.86. The van der Waals surface area contributed by atoms with Gasteiger partial charge in [0.1, 0.15) is 6.33 Å². The summed E-state index contributed by atoms with van der Waals surface area (Å²) in [4.78, 5) is 8.24. The van der Waals surface area contributed by atoms with E-state index < -0.39 is 5.54 Å². The third-order valence-corrected chi connectivity index (χ3v) is 3.84. The second kappa shape index (κ2) is 4.50. The zero-order chi connectivity index (χ0) is 12.4. The lowest BCUT2D eigenvalue weighted by Crippen LogP contribution is -2.38. The van der Waals surface area contributed by atoms with E-state index in [0.29, 0.717) is 0 Å². The van der Waals surface area contributed by atoms with Gasteiger partial charge >= 0.3 is 0 Å². The Morgan fingerprint density at radius 1 is 1.06 bits per heavy atom. The number of fused-ring (bicyclic) bond motifs is 1. The highest BCUT2D eigenvalue weighted by molar-refractivity contribution is 5.41. The third kappa shape index (κ3) is 1.81. The molecule has 1 aliphatic carbocycles. The molecule has 0 radical (unpaired) electrons. The minimum Gasteiger partial charge on any atom is -0.318 e. The molecule has 3 nitrogen and oxygen atoms in total. The maximum Gasteiger partial charge on any atom is 0.115 e. The van der Waals surface area contributed by atoms with Gasteiger partial charge in [0.25, 0.3) is 0 Å². The molecule has 2 aromatic rings. The van der Waals surface area contributed by atoms with Crippen LogP contribution in [0.25, 0.3) is 0 Å². The van der Waals surface area contributed by atoms with Crippen LogP contribution in [-0.2, 0) is 12.0 Å². The first-order chi connectivity index (χ1) is 8.81. The van der Waals surface area contributed by atoms with E-state index >= 15 is 0 Å². The Hall–Kier alpha value is -1.74. The molecule has 3 rings (SSSR count). The molecule has 1 aromatic carbocycles. The van der Waals surface area contributed by atoms with Gasteiger partial charge in [-0.25, -0.2) is 9.97 Å². The second-order valence-electron chi connectivity index (χ2n) is 4.96. The lowest BCUT2D eigenvalue weighted by molar-refractivity contribution is 0.476. The van der Waals surface area contributed by atoms with E-state index in [9.17, 15) is 0 Å². The van der Waals surface area contributed by atoms with Crippen LogP contribution in [0.5, 0.6) is 0 Å². The number of nitrogens with two attached hydrogens (primary N) is 1. The van der Waals surface area contributed by atoms with Crippen LogP contribution in [0.15, 0.2) is 43.0 Å². The van der Waals surface area contributed by atoms with E-state index in [1.54, 1.807) is 6.33 Å². The standard InChI is InChI=1S/C15H17N3/c16-15(13-9-17-11-18-10-13)8-4-3-6-12-5-1-2-7-14(12)15/h1-2,5,7,9-11H,3-4,6,8,16H2. The Morgan fingerprint density at radius 3 is 2.67 bits per heavy atom. The van der Waals surface area contributed by atoms with Crippen LogP contribution in [-0.4, -0.2) is 9.97 Å². The number of hydrogen-bond acceptors (Lipinski definition) is 3. The van der Waals surface area contributed by atoms with Crippen LogP contribution < -0.4 is 5.73 Å². The van der Waals surface area contributed by atoms with Crippen LogP contribution in [0.1, 0.15) is 36.0 Å². The van der Waals surface area contributed by atoms with Gasteiger partial charge in [0.2, 0.25) is 0 Å². The van der Waals surface area contributed by atoms with E-state index in [0.717, 1.165) is 24.8 Å². The molecule has 1 aliphatic rings. The smallest absolute Gasteiger partial charge is 0.115 e. The summed E-state index contributed by atoms with van der Waals surface area (Å²) >= 11 is 0. The molecule has 0 bridgehead atoms. The van der Waals surface area contributed by atoms with Crippen molar-refractivity contribution in [2.75, 3.05) is 0 Å². The highest BCUT2D eigenvalue weighted by Crippen LogP contribution is 2.36. The molecule has 3 heteroatoms. The molecule has 0 amide bonds. The van der Waals surface area contributed by atoms with Crippen LogP contribution in [0.4, 0.5) is 0 Å². The van der Waals surface area contributed by atoms with Crippen LogP contribution in [0.3, 0.4) is 0 Å². The van der Waals surface area contributed by atoms with E-state index in [1.807, 2.05) is 12.4 Å². The van der Waals surface area contributed by atoms with Crippen molar-refractivity contribution in [2.24, 2.45) is 5.73 Å². The summed E-state index contributed by atoms with van der Waals surface area (Å²) in [6, 6.07) is 8.49. The van der Waals surface area contributed by atoms with Crippen LogP contribution >= 0.6 is 0 Å². The second-order valence-corrected chi connectivity index (χ2v) is 4.96. The average molecular weight is 239 g/mol. The molecule has 18 heavy (non-hydrogen) atoms. The highest BCUT2D eigenvalue weighted by atomic mass is 14.8. The predicted molar refractivity (Wildman–Crippen MR) is 71.0 cm³/mol. The minimum atomic E-state index is -0.436. The van der Waals surface area contributed by atoms with Gasteiger partial charge in [-0.2, -0.15) is 0 Å². The largest absolute Gasteiger partial charge is 0.318 e. The minimum absolute atomic E-state index is 0.436. The summed E-state index contributed by atoms with van der Waals surface area (Å²) in [6.07, 6.45) is 9.64. The van der Waals surface area contributed by atoms with Gasteiger partial charge in [0.15, 0.2) is 0 Å². The van der Waals surface area contributed by atoms with Crippen molar-refractivity contribution in [3.63, 3.8) is 0 Å². The Morgan fingerprint density at radius 2 is 1.83 bits per heavy atom. The first kappa shape index (κ1) is 11.4. The summed E-state index contributed by atoms with van der Waals surface area (Å²) in [5.41, 5.74) is 9.89. The zero-order valence-corrected chi connectivity index (χ0v) is 10.3. The Bertz CT molecular complexity index is 538. The van der Waals surface area contributed by atoms with Crippen molar-refractivity contribution in [1.29, 1.82) is 0 Å². The summed E-state index contributed by atoms with van der Waals surface area (Å²) in [6.45, 7) is 0. The van der Waals surface area contributed by atoms with Crippen LogP contribution in [0.2, 0.25) is 0 Å². The van der Waals surface area contributed by atoms with Crippen molar-refractivity contribution in [3.05, 3.63) is 59.7 Å². The van der Waals surface area contributed by atoms with Gasteiger partial charge in [-0.05, 0) is 30.4 Å². The van der Waals surface area contributed by atoms with Crippen molar-refractivity contribution in [3.8, 4) is 0 Å². The molecule has 1 unspecified atom stereocenters. The number of benzene rings is 1. The molecule has 1 aromatic heterocycles. The topological polar surface area (TPSA) is 51.8 Å². The molecule has 0 saturated carbocycles. The maximum atomic E-state index is 6.71. The molecular weight excluding hydrogens is 222 g/mol. The lowest BCUT2D eigenvalue weighted by atomic mass is 9.81. The first-order valence-corrected chi connectivity index (χ1v) is 6.43. The maximum absolute atomic E-state index is 6.71. The van der Waals surface area contributed by atoms with Gasteiger partial charge in [-0.3, -0.25) is 0 Å². The van der Waals surface area contributed by atoms with Crippen molar-refractivity contribution in [1.82, 2.24) is 9.97 Å². The quantitative estimate of drug-likeness (QED) is 0.777. The summed E-state index contributed by atoms with van der Waals surface area (Å²) in [5.74, 6) is 0. The SMILES string of the molecule is NC1(c2cncnc2)CCCCc2ccccc21. The highest BCUT2D eigenvalue weighted by Gasteiger charge is 2.33. The molecule has 1 heterocycles. The molecule has 0 spiro atoms. The molecular formula is C15H17N3. The predicted octanol–water partition coefficient (Wildman–Crippen LogP) is 2.41. The lowest BCUT2D eigenvalue weighted by Gasteiger charge is -2.30. The van der Waals surface area contributed by atoms with E-state index in [-0.39, 0.29) is 0 Å². The summed E-state index contributed by atoms with van der Waals surface area (Å²) in [7, 11) is 0. The normalized spacial score (nSPS) is 23.2. The zero-order valence-electron chi connectivity index (χ0n) is 10.3. The molecule has 0 fully saturated rings. The van der Waals surface area contributed by atoms with E-state index in [1.165, 1.54) is 17.5 Å². The van der Waals surface area contributed by atoms with Crippen molar-refractivity contribution in [2.45, 2.75) is 31.2 Å². The van der Waals surface area contributed by atoms with E-state index in [2.05, 4.69) is 34.2 Å². The Labute approximate surface area is 107 Å². The molecule has 2 N–H and O–H groups in total. The number of rotatable bonds is 1. The van der Waals surface area contributed by atoms with Gasteiger partial charge in [-0.1, -0.05) is 30.7 Å². The fourth-order valence-corrected chi connectivity index (χ4v) is 2.86. The fraction of sp³-hybridized carbons (Fsp3) is 0.333. The third-order valence-electron chi connectivity index (χ3n) is 3.84. The summed E-state index contributed by atoms with van der Waals surface area (Å²) in [5, 5.41) is 0. The van der Waals surface area contributed by atoms with E-state index in [4.69, 9.17) is 5.73 Å². The van der Waals surface area contributed by atoms with Gasteiger partial charge < -0.3 is 5.73 Å². The molecule has 0 aliphatic heterocycles. The molecule has 1 atom stereocenters. The summed E-state index contributed by atoms with van der Waals surface area (Å²) < 4.78 is 0. The Balaban J connectivity index is 2.16.